The molecule has 0 aliphatic rings. The minimum absolute atomic E-state index is 0.0878. The molecule has 0 radical (unpaired) electrons. The number of nitrogens with one attached hydrogen (secondary N) is 1. The van der Waals surface area contributed by atoms with Crippen molar-refractivity contribution < 1.29 is 4.79 Å². The van der Waals surface area contributed by atoms with Gasteiger partial charge in [0.15, 0.2) is 0 Å². The van der Waals surface area contributed by atoms with E-state index in [1.807, 2.05) is 24.5 Å². The molecule has 0 bridgehead atoms. The van der Waals surface area contributed by atoms with E-state index < -0.39 is 0 Å². The Morgan fingerprint density at radius 3 is 3.06 bits per heavy atom. The van der Waals surface area contributed by atoms with Crippen LogP contribution >= 0.6 is 0 Å². The van der Waals surface area contributed by atoms with E-state index in [1.165, 1.54) is 0 Å². The van der Waals surface area contributed by atoms with Gasteiger partial charge in [-0.3, -0.25) is 4.79 Å². The zero-order chi connectivity index (χ0) is 12.0. The highest BCUT2D eigenvalue weighted by atomic mass is 16.1. The third-order valence-corrected chi connectivity index (χ3v) is 2.14. The highest BCUT2D eigenvalue weighted by Gasteiger charge is 2.09. The third-order valence-electron chi connectivity index (χ3n) is 2.14. The first-order valence-corrected chi connectivity index (χ1v) is 5.29. The van der Waals surface area contributed by atoms with E-state index in [2.05, 4.69) is 10.3 Å². The number of aromatic nitrogens is 2. The smallest absolute Gasteiger partial charge is 0.240 e. The lowest BCUT2D eigenvalue weighted by Gasteiger charge is -2.09. The van der Waals surface area contributed by atoms with Crippen LogP contribution in [0, 0.1) is 11.3 Å². The Morgan fingerprint density at radius 2 is 2.44 bits per heavy atom. The molecule has 0 aliphatic carbocycles. The van der Waals surface area contributed by atoms with Crippen molar-refractivity contribution in [1.29, 1.82) is 5.26 Å². The van der Waals surface area contributed by atoms with Gasteiger partial charge in [0.1, 0.15) is 12.4 Å². The zero-order valence-electron chi connectivity index (χ0n) is 9.60. The van der Waals surface area contributed by atoms with Crippen LogP contribution in [0.3, 0.4) is 0 Å². The number of carbonyl (C=O) groups is 1. The molecular weight excluding hydrogens is 204 g/mol. The summed E-state index contributed by atoms with van der Waals surface area (Å²) >= 11 is 0. The first-order valence-electron chi connectivity index (χ1n) is 5.29. The van der Waals surface area contributed by atoms with E-state index >= 15 is 0 Å². The molecule has 1 aromatic heterocycles. The number of hydrogen-bond donors (Lipinski definition) is 1. The Kier molecular flexibility index (Phi) is 4.52. The summed E-state index contributed by atoms with van der Waals surface area (Å²) in [4.78, 5) is 15.7. The van der Waals surface area contributed by atoms with E-state index in [4.69, 9.17) is 5.26 Å². The van der Waals surface area contributed by atoms with Gasteiger partial charge in [0, 0.05) is 24.9 Å². The summed E-state index contributed by atoms with van der Waals surface area (Å²) in [7, 11) is 0. The highest BCUT2D eigenvalue weighted by molar-refractivity contribution is 5.75. The largest absolute Gasteiger partial charge is 0.354 e. The minimum Gasteiger partial charge on any atom is -0.354 e. The monoisotopic (exact) mass is 220 g/mol. The van der Waals surface area contributed by atoms with Crippen molar-refractivity contribution in [2.75, 3.05) is 6.54 Å². The van der Waals surface area contributed by atoms with Crippen LogP contribution in [0.15, 0.2) is 12.4 Å². The quantitative estimate of drug-likeness (QED) is 0.753. The molecule has 1 rings (SSSR count). The van der Waals surface area contributed by atoms with Crippen molar-refractivity contribution in [1.82, 2.24) is 14.9 Å². The normalized spacial score (nSPS) is 10.1. The second kappa shape index (κ2) is 5.91. The average Bonchev–Trinajstić information content (AvgIpc) is 2.66. The summed E-state index contributed by atoms with van der Waals surface area (Å²) in [6.07, 6.45) is 3.82. The van der Waals surface area contributed by atoms with Crippen LogP contribution in [-0.4, -0.2) is 22.0 Å². The molecule has 1 amide bonds. The molecule has 1 N–H and O–H groups in total. The maximum Gasteiger partial charge on any atom is 0.240 e. The van der Waals surface area contributed by atoms with E-state index in [0.717, 1.165) is 5.82 Å². The van der Waals surface area contributed by atoms with Gasteiger partial charge in [-0.25, -0.2) is 4.98 Å². The molecule has 0 aromatic carbocycles. The van der Waals surface area contributed by atoms with Gasteiger partial charge in [0.25, 0.3) is 0 Å². The number of nitriles is 1. The Labute approximate surface area is 95.1 Å². The third kappa shape index (κ3) is 3.39. The van der Waals surface area contributed by atoms with Crippen LogP contribution < -0.4 is 5.32 Å². The highest BCUT2D eigenvalue weighted by Crippen LogP contribution is 2.11. The van der Waals surface area contributed by atoms with Crippen molar-refractivity contribution >= 4 is 5.91 Å². The van der Waals surface area contributed by atoms with Crippen LogP contribution in [0.4, 0.5) is 0 Å². The Morgan fingerprint density at radius 1 is 1.69 bits per heavy atom. The maximum atomic E-state index is 11.5. The number of nitrogens with zero attached hydrogens (tertiary/aromatic N) is 3. The van der Waals surface area contributed by atoms with E-state index in [-0.39, 0.29) is 12.5 Å². The van der Waals surface area contributed by atoms with Crippen molar-refractivity contribution in [2.24, 2.45) is 0 Å². The molecule has 0 spiro atoms. The molecule has 0 saturated carbocycles. The van der Waals surface area contributed by atoms with Crippen LogP contribution in [-0.2, 0) is 11.3 Å². The summed E-state index contributed by atoms with van der Waals surface area (Å²) in [5.74, 6) is 1.10. The summed E-state index contributed by atoms with van der Waals surface area (Å²) in [5, 5.41) is 11.0. The lowest BCUT2D eigenvalue weighted by molar-refractivity contribution is -0.121. The average molecular weight is 220 g/mol. The van der Waals surface area contributed by atoms with Gasteiger partial charge in [-0.05, 0) is 0 Å². The number of carbonyl (C=O) groups excluding carboxylic acids is 1. The number of hydrogen-bond acceptors (Lipinski definition) is 3. The van der Waals surface area contributed by atoms with Gasteiger partial charge in [0.2, 0.25) is 5.91 Å². The first kappa shape index (κ1) is 12.2. The van der Waals surface area contributed by atoms with Crippen molar-refractivity contribution in [3.63, 3.8) is 0 Å². The molecule has 0 unspecified atom stereocenters. The van der Waals surface area contributed by atoms with E-state index in [9.17, 15) is 4.79 Å². The number of rotatable bonds is 5. The zero-order valence-corrected chi connectivity index (χ0v) is 9.60. The van der Waals surface area contributed by atoms with Gasteiger partial charge in [0.05, 0.1) is 12.5 Å². The molecule has 1 heterocycles. The lowest BCUT2D eigenvalue weighted by atomic mass is 10.2. The lowest BCUT2D eigenvalue weighted by Crippen LogP contribution is -2.28. The van der Waals surface area contributed by atoms with Gasteiger partial charge in [-0.2, -0.15) is 5.26 Å². The molecule has 1 aromatic rings. The Hall–Kier alpha value is -1.83. The fourth-order valence-corrected chi connectivity index (χ4v) is 1.42. The molecule has 16 heavy (non-hydrogen) atoms. The summed E-state index contributed by atoms with van der Waals surface area (Å²) in [5.41, 5.74) is 0. The molecule has 0 saturated heterocycles. The van der Waals surface area contributed by atoms with Crippen molar-refractivity contribution in [3.8, 4) is 6.07 Å². The first-order chi connectivity index (χ1) is 7.65. The van der Waals surface area contributed by atoms with Gasteiger partial charge >= 0.3 is 0 Å². The predicted octanol–water partition coefficient (Wildman–Crippen LogP) is 1.04. The number of amides is 1. The van der Waals surface area contributed by atoms with Gasteiger partial charge in [-0.15, -0.1) is 0 Å². The van der Waals surface area contributed by atoms with Gasteiger partial charge in [-0.1, -0.05) is 13.8 Å². The second-order valence-electron chi connectivity index (χ2n) is 3.83. The van der Waals surface area contributed by atoms with Crippen molar-refractivity contribution in [2.45, 2.75) is 32.7 Å². The van der Waals surface area contributed by atoms with Crippen LogP contribution in [0.25, 0.3) is 0 Å². The summed E-state index contributed by atoms with van der Waals surface area (Å²) in [6.45, 7) is 4.73. The maximum absolute atomic E-state index is 11.5. The molecule has 0 aliphatic heterocycles. The standard InChI is InChI=1S/C11H16N4O/c1-9(2)11-14-6-7-15(11)8-10(16)13-5-3-4-12/h6-7,9H,3,5,8H2,1-2H3,(H,13,16). The topological polar surface area (TPSA) is 70.7 Å². The fourth-order valence-electron chi connectivity index (χ4n) is 1.42. The van der Waals surface area contributed by atoms with Crippen LogP contribution in [0.5, 0.6) is 0 Å². The molecule has 0 fully saturated rings. The van der Waals surface area contributed by atoms with E-state index in [0.29, 0.717) is 18.9 Å². The summed E-state index contributed by atoms with van der Waals surface area (Å²) < 4.78 is 1.83. The number of imidazole rings is 1. The fraction of sp³-hybridized carbons (Fsp3) is 0.545. The molecule has 5 nitrogen and oxygen atoms in total. The molecule has 86 valence electrons. The Bertz CT molecular complexity index is 389. The molecular formula is C11H16N4O. The molecule has 0 atom stereocenters. The van der Waals surface area contributed by atoms with Crippen LogP contribution in [0.2, 0.25) is 0 Å². The second-order valence-corrected chi connectivity index (χ2v) is 3.83. The summed E-state index contributed by atoms with van der Waals surface area (Å²) in [6, 6.07) is 1.98. The van der Waals surface area contributed by atoms with Crippen molar-refractivity contribution in [3.05, 3.63) is 18.2 Å². The van der Waals surface area contributed by atoms with E-state index in [1.54, 1.807) is 12.4 Å². The predicted molar refractivity (Wildman–Crippen MR) is 59.6 cm³/mol. The SMILES string of the molecule is CC(C)c1nccn1CC(=O)NCCC#N. The molecule has 5 heteroatoms. The van der Waals surface area contributed by atoms with Gasteiger partial charge < -0.3 is 9.88 Å². The Balaban J connectivity index is 2.50. The minimum atomic E-state index is -0.0878. The van der Waals surface area contributed by atoms with Crippen LogP contribution in [0.1, 0.15) is 32.0 Å².